The molecule has 1 aliphatic rings. The Bertz CT molecular complexity index is 825. The number of nitrogens with zero attached hydrogens (tertiary/aromatic N) is 2. The molecule has 0 unspecified atom stereocenters. The molecule has 1 saturated heterocycles. The molecule has 0 amide bonds. The maximum atomic E-state index is 12.9. The van der Waals surface area contributed by atoms with E-state index in [1.807, 2.05) is 38.1 Å². The summed E-state index contributed by atoms with van der Waals surface area (Å²) in [5, 5.41) is 0. The fourth-order valence-corrected chi connectivity index (χ4v) is 5.77. The first-order valence-electron chi connectivity index (χ1n) is 7.90. The summed E-state index contributed by atoms with van der Waals surface area (Å²) in [4.78, 5) is 3.92. The average Bonchev–Trinajstić information content (AvgIpc) is 2.95. The van der Waals surface area contributed by atoms with Gasteiger partial charge in [-0.05, 0) is 43.2 Å². The van der Waals surface area contributed by atoms with Gasteiger partial charge in [-0.3, -0.25) is 4.90 Å². The summed E-state index contributed by atoms with van der Waals surface area (Å²) in [6.45, 7) is 7.11. The van der Waals surface area contributed by atoms with Gasteiger partial charge in [-0.15, -0.1) is 11.3 Å². The molecule has 1 fully saturated rings. The summed E-state index contributed by atoms with van der Waals surface area (Å²) in [5.41, 5.74) is 1.77. The van der Waals surface area contributed by atoms with Crippen molar-refractivity contribution in [3.63, 3.8) is 0 Å². The van der Waals surface area contributed by atoms with Crippen molar-refractivity contribution in [1.29, 1.82) is 0 Å². The molecule has 0 N–H and O–H groups in total. The zero-order valence-corrected chi connectivity index (χ0v) is 16.2. The van der Waals surface area contributed by atoms with E-state index in [2.05, 4.69) is 4.90 Å². The van der Waals surface area contributed by atoms with Gasteiger partial charge in [-0.1, -0.05) is 23.7 Å². The molecule has 7 heteroatoms. The Kier molecular flexibility index (Phi) is 5.32. The molecule has 0 atom stereocenters. The SMILES string of the molecule is Cc1ccc(C)c(S(=O)(=O)N2CCN(Cc3ccc(Cl)s3)CC2)c1. The van der Waals surface area contributed by atoms with Crippen molar-refractivity contribution in [3.05, 3.63) is 50.7 Å². The molecule has 0 bridgehead atoms. The maximum Gasteiger partial charge on any atom is 0.243 e. The smallest absolute Gasteiger partial charge is 0.243 e. The molecule has 130 valence electrons. The van der Waals surface area contributed by atoms with Crippen LogP contribution in [0.2, 0.25) is 4.34 Å². The third kappa shape index (κ3) is 3.83. The van der Waals surface area contributed by atoms with Gasteiger partial charge >= 0.3 is 0 Å². The second-order valence-electron chi connectivity index (χ2n) is 6.16. The molecule has 0 spiro atoms. The van der Waals surface area contributed by atoms with Crippen molar-refractivity contribution < 1.29 is 8.42 Å². The number of rotatable bonds is 4. The van der Waals surface area contributed by atoms with E-state index in [1.54, 1.807) is 21.7 Å². The lowest BCUT2D eigenvalue weighted by Gasteiger charge is -2.34. The fraction of sp³-hybridized carbons (Fsp3) is 0.412. The molecule has 2 heterocycles. The van der Waals surface area contributed by atoms with Crippen LogP contribution in [0.1, 0.15) is 16.0 Å². The van der Waals surface area contributed by atoms with Gasteiger partial charge in [0.1, 0.15) is 0 Å². The summed E-state index contributed by atoms with van der Waals surface area (Å²) in [7, 11) is -3.42. The Balaban J connectivity index is 1.68. The topological polar surface area (TPSA) is 40.6 Å². The largest absolute Gasteiger partial charge is 0.296 e. The van der Waals surface area contributed by atoms with Crippen LogP contribution < -0.4 is 0 Å². The Hall–Kier alpha value is -0.920. The van der Waals surface area contributed by atoms with Gasteiger partial charge in [-0.2, -0.15) is 4.31 Å². The first kappa shape index (κ1) is 17.9. The first-order chi connectivity index (χ1) is 11.4. The molecule has 4 nitrogen and oxygen atoms in total. The minimum Gasteiger partial charge on any atom is -0.296 e. The molecule has 3 rings (SSSR count). The second kappa shape index (κ2) is 7.14. The minimum absolute atomic E-state index is 0.431. The third-order valence-corrected chi connectivity index (χ3v) is 7.56. The average molecular weight is 385 g/mol. The Labute approximate surface area is 152 Å². The van der Waals surface area contributed by atoms with Crippen LogP contribution in [-0.4, -0.2) is 43.8 Å². The van der Waals surface area contributed by atoms with E-state index in [1.165, 1.54) is 4.88 Å². The second-order valence-corrected chi connectivity index (χ2v) is 9.86. The van der Waals surface area contributed by atoms with Crippen molar-refractivity contribution >= 4 is 33.0 Å². The molecule has 1 aromatic carbocycles. The molecule has 24 heavy (non-hydrogen) atoms. The van der Waals surface area contributed by atoms with Gasteiger partial charge in [0.25, 0.3) is 0 Å². The summed E-state index contributed by atoms with van der Waals surface area (Å²) >= 11 is 7.55. The highest BCUT2D eigenvalue weighted by molar-refractivity contribution is 7.89. The molecular weight excluding hydrogens is 364 g/mol. The van der Waals surface area contributed by atoms with Gasteiger partial charge in [0.2, 0.25) is 10.0 Å². The molecule has 0 radical (unpaired) electrons. The fourth-order valence-electron chi connectivity index (χ4n) is 2.91. The van der Waals surface area contributed by atoms with E-state index in [0.29, 0.717) is 18.0 Å². The van der Waals surface area contributed by atoms with Crippen molar-refractivity contribution in [2.45, 2.75) is 25.3 Å². The third-order valence-electron chi connectivity index (χ3n) is 4.30. The maximum absolute atomic E-state index is 12.9. The molecule has 2 aromatic rings. The zero-order chi connectivity index (χ0) is 17.3. The predicted molar refractivity (Wildman–Crippen MR) is 99.3 cm³/mol. The standard InChI is InChI=1S/C17H21ClN2O2S2/c1-13-3-4-14(2)16(11-13)24(21,22)20-9-7-19(8-10-20)12-15-5-6-17(18)23-15/h3-6,11H,7-10,12H2,1-2H3. The highest BCUT2D eigenvalue weighted by Crippen LogP contribution is 2.25. The molecule has 1 aliphatic heterocycles. The number of halogens is 1. The monoisotopic (exact) mass is 384 g/mol. The zero-order valence-electron chi connectivity index (χ0n) is 13.8. The molecule has 0 saturated carbocycles. The van der Waals surface area contributed by atoms with Gasteiger partial charge in [0.15, 0.2) is 0 Å². The number of piperazine rings is 1. The van der Waals surface area contributed by atoms with Crippen LogP contribution in [0.5, 0.6) is 0 Å². The summed E-state index contributed by atoms with van der Waals surface area (Å²) in [6, 6.07) is 9.52. The van der Waals surface area contributed by atoms with Gasteiger partial charge in [-0.25, -0.2) is 8.42 Å². The molecular formula is C17H21ClN2O2S2. The number of aryl methyl sites for hydroxylation is 2. The van der Waals surface area contributed by atoms with E-state index in [0.717, 1.165) is 35.1 Å². The number of benzene rings is 1. The number of sulfonamides is 1. The lowest BCUT2D eigenvalue weighted by molar-refractivity contribution is 0.183. The van der Waals surface area contributed by atoms with Crippen molar-refractivity contribution in [2.24, 2.45) is 0 Å². The number of hydrogen-bond donors (Lipinski definition) is 0. The Morgan fingerprint density at radius 2 is 1.79 bits per heavy atom. The highest BCUT2D eigenvalue weighted by Gasteiger charge is 2.29. The van der Waals surface area contributed by atoms with E-state index in [-0.39, 0.29) is 0 Å². The van der Waals surface area contributed by atoms with E-state index < -0.39 is 10.0 Å². The van der Waals surface area contributed by atoms with Gasteiger partial charge in [0.05, 0.1) is 9.23 Å². The minimum atomic E-state index is -3.42. The van der Waals surface area contributed by atoms with Crippen molar-refractivity contribution in [2.75, 3.05) is 26.2 Å². The molecule has 1 aromatic heterocycles. The van der Waals surface area contributed by atoms with Crippen LogP contribution >= 0.6 is 22.9 Å². The lowest BCUT2D eigenvalue weighted by atomic mass is 10.2. The lowest BCUT2D eigenvalue weighted by Crippen LogP contribution is -2.48. The quantitative estimate of drug-likeness (QED) is 0.809. The normalized spacial score (nSPS) is 17.3. The van der Waals surface area contributed by atoms with Crippen LogP contribution in [0.3, 0.4) is 0 Å². The van der Waals surface area contributed by atoms with E-state index in [4.69, 9.17) is 11.6 Å². The summed E-state index contributed by atoms with van der Waals surface area (Å²) in [6.07, 6.45) is 0. The summed E-state index contributed by atoms with van der Waals surface area (Å²) in [5.74, 6) is 0. The number of hydrogen-bond acceptors (Lipinski definition) is 4. The predicted octanol–water partition coefficient (Wildman–Crippen LogP) is 3.52. The van der Waals surface area contributed by atoms with Gasteiger partial charge in [0, 0.05) is 37.6 Å². The first-order valence-corrected chi connectivity index (χ1v) is 10.5. The Morgan fingerprint density at radius 3 is 2.42 bits per heavy atom. The molecule has 0 aliphatic carbocycles. The van der Waals surface area contributed by atoms with Crippen molar-refractivity contribution in [3.8, 4) is 0 Å². The van der Waals surface area contributed by atoms with Crippen LogP contribution in [0.15, 0.2) is 35.2 Å². The Morgan fingerprint density at radius 1 is 1.08 bits per heavy atom. The van der Waals surface area contributed by atoms with Crippen LogP contribution in [0, 0.1) is 13.8 Å². The van der Waals surface area contributed by atoms with Crippen LogP contribution in [-0.2, 0) is 16.6 Å². The highest BCUT2D eigenvalue weighted by atomic mass is 35.5. The summed E-state index contributed by atoms with van der Waals surface area (Å²) < 4.78 is 28.2. The van der Waals surface area contributed by atoms with Crippen molar-refractivity contribution in [1.82, 2.24) is 9.21 Å². The van der Waals surface area contributed by atoms with Gasteiger partial charge < -0.3 is 0 Å². The number of thiophene rings is 1. The van der Waals surface area contributed by atoms with Crippen LogP contribution in [0.25, 0.3) is 0 Å². The van der Waals surface area contributed by atoms with E-state index >= 15 is 0 Å². The van der Waals surface area contributed by atoms with Crippen LogP contribution in [0.4, 0.5) is 0 Å². The van der Waals surface area contributed by atoms with E-state index in [9.17, 15) is 8.42 Å².